The number of nitrogens with one attached hydrogen (secondary N) is 1. The lowest BCUT2D eigenvalue weighted by atomic mass is 10.2. The molecule has 3 aromatic carbocycles. The number of rotatable bonds is 6. The summed E-state index contributed by atoms with van der Waals surface area (Å²) in [5.41, 5.74) is 2.74. The molecule has 0 saturated heterocycles. The summed E-state index contributed by atoms with van der Waals surface area (Å²) in [6.07, 6.45) is 0. The Balaban J connectivity index is 1.86. The minimum Gasteiger partial charge on any atom is -0.495 e. The Hall–Kier alpha value is -4.43. The summed E-state index contributed by atoms with van der Waals surface area (Å²) in [7, 11) is 1.54. The van der Waals surface area contributed by atoms with E-state index in [2.05, 4.69) is 5.32 Å². The van der Waals surface area contributed by atoms with Gasteiger partial charge in [-0.15, -0.1) is 0 Å². The molecule has 0 atom stereocenters. The highest BCUT2D eigenvalue weighted by Gasteiger charge is 2.30. The molecule has 0 saturated carbocycles. The molecular formula is C27H21ClN4O4. The van der Waals surface area contributed by atoms with Crippen molar-refractivity contribution < 1.29 is 19.1 Å². The molecule has 0 aliphatic heterocycles. The molecule has 1 N–H and O–H groups in total. The third-order valence-corrected chi connectivity index (χ3v) is 5.95. The normalized spacial score (nSPS) is 11.0. The summed E-state index contributed by atoms with van der Waals surface area (Å²) in [6, 6.07) is 21.2. The number of hydrogen-bond acceptors (Lipinski definition) is 6. The van der Waals surface area contributed by atoms with Crippen LogP contribution in [-0.2, 0) is 4.74 Å². The van der Waals surface area contributed by atoms with E-state index < -0.39 is 11.9 Å². The number of para-hydroxylation sites is 4. The van der Waals surface area contributed by atoms with Crippen molar-refractivity contribution in [3.8, 4) is 11.4 Å². The quantitative estimate of drug-likeness (QED) is 0.302. The first-order valence-electron chi connectivity index (χ1n) is 11.2. The van der Waals surface area contributed by atoms with Gasteiger partial charge >= 0.3 is 5.97 Å². The van der Waals surface area contributed by atoms with Crippen molar-refractivity contribution in [1.82, 2.24) is 14.5 Å². The van der Waals surface area contributed by atoms with Gasteiger partial charge in [0.15, 0.2) is 5.65 Å². The molecule has 0 fully saturated rings. The largest absolute Gasteiger partial charge is 0.495 e. The van der Waals surface area contributed by atoms with E-state index in [1.54, 1.807) is 61.1 Å². The van der Waals surface area contributed by atoms with Gasteiger partial charge in [0.1, 0.15) is 22.6 Å². The number of halogens is 1. The Kier molecular flexibility index (Phi) is 6.26. The molecule has 8 nitrogen and oxygen atoms in total. The zero-order valence-electron chi connectivity index (χ0n) is 19.5. The van der Waals surface area contributed by atoms with Crippen LogP contribution in [0.15, 0.2) is 72.8 Å². The van der Waals surface area contributed by atoms with Crippen LogP contribution in [0.1, 0.15) is 27.6 Å². The zero-order valence-corrected chi connectivity index (χ0v) is 20.2. The number of carbonyl (C=O) groups is 2. The molecule has 2 aromatic heterocycles. The maximum Gasteiger partial charge on any atom is 0.344 e. The van der Waals surface area contributed by atoms with Crippen molar-refractivity contribution in [2.24, 2.45) is 0 Å². The fourth-order valence-corrected chi connectivity index (χ4v) is 4.25. The number of aromatic nitrogens is 3. The molecule has 0 unspecified atom stereocenters. The summed E-state index contributed by atoms with van der Waals surface area (Å²) >= 11 is 6.29. The number of esters is 1. The van der Waals surface area contributed by atoms with Crippen LogP contribution >= 0.6 is 11.6 Å². The molecule has 0 bridgehead atoms. The van der Waals surface area contributed by atoms with E-state index >= 15 is 0 Å². The van der Waals surface area contributed by atoms with E-state index in [-0.39, 0.29) is 34.1 Å². The van der Waals surface area contributed by atoms with Crippen molar-refractivity contribution in [3.05, 3.63) is 88.9 Å². The average Bonchev–Trinajstić information content (AvgIpc) is 3.19. The lowest BCUT2D eigenvalue weighted by molar-refractivity contribution is 0.0529. The first-order chi connectivity index (χ1) is 17.5. The number of fused-ring (bicyclic) bond motifs is 2. The second-order valence-corrected chi connectivity index (χ2v) is 8.18. The van der Waals surface area contributed by atoms with Crippen LogP contribution < -0.4 is 10.1 Å². The van der Waals surface area contributed by atoms with Gasteiger partial charge in [0, 0.05) is 0 Å². The average molecular weight is 501 g/mol. The van der Waals surface area contributed by atoms with E-state index in [0.29, 0.717) is 28.1 Å². The minimum atomic E-state index is -0.643. The van der Waals surface area contributed by atoms with E-state index in [1.165, 1.54) is 0 Å². The van der Waals surface area contributed by atoms with Gasteiger partial charge in [-0.1, -0.05) is 48.0 Å². The first kappa shape index (κ1) is 23.3. The molecule has 0 spiro atoms. The van der Waals surface area contributed by atoms with E-state index in [1.807, 2.05) is 30.3 Å². The first-order valence-corrected chi connectivity index (χ1v) is 11.6. The molecular weight excluding hydrogens is 480 g/mol. The second-order valence-electron chi connectivity index (χ2n) is 7.77. The highest BCUT2D eigenvalue weighted by Crippen LogP contribution is 2.37. The summed E-state index contributed by atoms with van der Waals surface area (Å²) in [5, 5.41) is 3.15. The van der Waals surface area contributed by atoms with Gasteiger partial charge in [-0.3, -0.25) is 9.36 Å². The standard InChI is InChI=1S/C27H21ClN4O4/c1-3-36-27(34)22-23-25(30-19-13-7-6-12-18(19)29-23)32(20-14-8-9-15-21(20)35-2)24(22)31-26(33)16-10-4-5-11-17(16)28/h4-15H,3H2,1-2H3,(H,31,33). The van der Waals surface area contributed by atoms with E-state index in [9.17, 15) is 9.59 Å². The van der Waals surface area contributed by atoms with Crippen molar-refractivity contribution in [2.75, 3.05) is 19.0 Å². The smallest absolute Gasteiger partial charge is 0.344 e. The third kappa shape index (κ3) is 4.01. The van der Waals surface area contributed by atoms with Crippen LogP contribution in [0.5, 0.6) is 5.75 Å². The van der Waals surface area contributed by atoms with Crippen molar-refractivity contribution in [1.29, 1.82) is 0 Å². The Bertz CT molecular complexity index is 1630. The molecule has 5 aromatic rings. The lowest BCUT2D eigenvalue weighted by Gasteiger charge is -2.15. The molecule has 180 valence electrons. The number of nitrogens with zero attached hydrogens (tertiary/aromatic N) is 3. The molecule has 0 aliphatic rings. The Morgan fingerprint density at radius 3 is 2.33 bits per heavy atom. The Labute approximate surface area is 211 Å². The fraction of sp³-hybridized carbons (Fsp3) is 0.111. The molecule has 2 heterocycles. The number of hydrogen-bond donors (Lipinski definition) is 1. The highest BCUT2D eigenvalue weighted by molar-refractivity contribution is 6.34. The van der Waals surface area contributed by atoms with Crippen molar-refractivity contribution in [3.63, 3.8) is 0 Å². The Morgan fingerprint density at radius 2 is 1.61 bits per heavy atom. The van der Waals surface area contributed by atoms with E-state index in [4.69, 9.17) is 31.0 Å². The number of amides is 1. The zero-order chi connectivity index (χ0) is 25.2. The number of carbonyl (C=O) groups excluding carboxylic acids is 2. The second kappa shape index (κ2) is 9.67. The Morgan fingerprint density at radius 1 is 0.944 bits per heavy atom. The number of benzene rings is 3. The van der Waals surface area contributed by atoms with Crippen LogP contribution in [0.4, 0.5) is 5.82 Å². The number of ether oxygens (including phenoxy) is 2. The van der Waals surface area contributed by atoms with Gasteiger partial charge in [0.05, 0.1) is 41.0 Å². The fourth-order valence-electron chi connectivity index (χ4n) is 4.03. The van der Waals surface area contributed by atoms with Gasteiger partial charge in [-0.2, -0.15) is 0 Å². The van der Waals surface area contributed by atoms with Crippen molar-refractivity contribution in [2.45, 2.75) is 6.92 Å². The summed E-state index contributed by atoms with van der Waals surface area (Å²) in [4.78, 5) is 36.2. The van der Waals surface area contributed by atoms with Gasteiger partial charge in [-0.25, -0.2) is 14.8 Å². The van der Waals surface area contributed by atoms with Crippen LogP contribution in [0.2, 0.25) is 5.02 Å². The lowest BCUT2D eigenvalue weighted by Crippen LogP contribution is -2.18. The minimum absolute atomic E-state index is 0.0800. The number of anilines is 1. The van der Waals surface area contributed by atoms with Gasteiger partial charge < -0.3 is 14.8 Å². The number of methoxy groups -OCH3 is 1. The molecule has 0 radical (unpaired) electrons. The highest BCUT2D eigenvalue weighted by atomic mass is 35.5. The SMILES string of the molecule is CCOC(=O)c1c(NC(=O)c2ccccc2Cl)n(-c2ccccc2OC)c2nc3ccccc3nc12. The molecule has 0 aliphatic carbocycles. The van der Waals surface area contributed by atoms with Gasteiger partial charge in [0.25, 0.3) is 5.91 Å². The predicted octanol–water partition coefficient (Wildman–Crippen LogP) is 5.66. The van der Waals surface area contributed by atoms with Crippen LogP contribution in [-0.4, -0.2) is 40.1 Å². The molecule has 1 amide bonds. The molecule has 9 heteroatoms. The maximum atomic E-state index is 13.4. The summed E-state index contributed by atoms with van der Waals surface area (Å²) < 4.78 is 12.6. The third-order valence-electron chi connectivity index (χ3n) is 5.62. The van der Waals surface area contributed by atoms with Gasteiger partial charge in [0.2, 0.25) is 0 Å². The summed E-state index contributed by atoms with van der Waals surface area (Å²) in [6.45, 7) is 1.85. The van der Waals surface area contributed by atoms with Gasteiger partial charge in [-0.05, 0) is 43.3 Å². The van der Waals surface area contributed by atoms with Crippen LogP contribution in [0.3, 0.4) is 0 Å². The summed E-state index contributed by atoms with van der Waals surface area (Å²) in [5.74, 6) is -0.494. The molecule has 5 rings (SSSR count). The monoisotopic (exact) mass is 500 g/mol. The maximum absolute atomic E-state index is 13.4. The van der Waals surface area contributed by atoms with Crippen molar-refractivity contribution >= 4 is 51.5 Å². The van der Waals surface area contributed by atoms with Crippen LogP contribution in [0, 0.1) is 0 Å². The molecule has 36 heavy (non-hydrogen) atoms. The topological polar surface area (TPSA) is 95.3 Å². The van der Waals surface area contributed by atoms with E-state index in [0.717, 1.165) is 0 Å². The van der Waals surface area contributed by atoms with Crippen LogP contribution in [0.25, 0.3) is 27.9 Å². The predicted molar refractivity (Wildman–Crippen MR) is 138 cm³/mol.